The van der Waals surface area contributed by atoms with Crippen LogP contribution in [0.3, 0.4) is 0 Å². The molecule has 128 valence electrons. The number of benzene rings is 1. The number of nitrogens with one attached hydrogen (secondary N) is 4. The lowest BCUT2D eigenvalue weighted by atomic mass is 10.1. The van der Waals surface area contributed by atoms with Crippen molar-refractivity contribution < 1.29 is 4.79 Å². The molecule has 2 heterocycles. The van der Waals surface area contributed by atoms with Crippen molar-refractivity contribution in [3.8, 4) is 5.69 Å². The van der Waals surface area contributed by atoms with Gasteiger partial charge in [-0.15, -0.1) is 0 Å². The summed E-state index contributed by atoms with van der Waals surface area (Å²) in [5.41, 5.74) is 1.45. The Hall–Kier alpha value is -3.42. The van der Waals surface area contributed by atoms with Crippen molar-refractivity contribution in [3.63, 3.8) is 0 Å². The van der Waals surface area contributed by atoms with Crippen LogP contribution in [0.5, 0.6) is 0 Å². The van der Waals surface area contributed by atoms with E-state index in [-0.39, 0.29) is 17.1 Å². The number of hydrogen-bond donors (Lipinski definition) is 4. The highest BCUT2D eigenvalue weighted by Crippen LogP contribution is 2.22. The standard InChI is InChI=1S/C17H18N6O2/c1-3-19-17(25)21-15-13(10(2)18)14-12(9-20-15)16(24)23(22-14)11-7-5-4-6-8-11/h4-9,18,22H,3H2,1-2H3,(H2,19,20,21,25). The lowest BCUT2D eigenvalue weighted by Crippen LogP contribution is -2.29. The second-order valence-electron chi connectivity index (χ2n) is 5.47. The van der Waals surface area contributed by atoms with E-state index >= 15 is 0 Å². The second kappa shape index (κ2) is 6.60. The minimum atomic E-state index is -0.415. The first-order valence-corrected chi connectivity index (χ1v) is 7.82. The predicted molar refractivity (Wildman–Crippen MR) is 96.9 cm³/mol. The topological polar surface area (TPSA) is 116 Å². The quantitative estimate of drug-likeness (QED) is 0.547. The van der Waals surface area contributed by atoms with Gasteiger partial charge in [0.2, 0.25) is 0 Å². The zero-order chi connectivity index (χ0) is 18.0. The fraction of sp³-hybridized carbons (Fsp3) is 0.176. The van der Waals surface area contributed by atoms with E-state index < -0.39 is 6.03 Å². The van der Waals surface area contributed by atoms with Gasteiger partial charge in [-0.05, 0) is 26.0 Å². The molecule has 2 aromatic heterocycles. The average molecular weight is 338 g/mol. The summed E-state index contributed by atoms with van der Waals surface area (Å²) in [4.78, 5) is 28.6. The van der Waals surface area contributed by atoms with Crippen molar-refractivity contribution in [2.75, 3.05) is 11.9 Å². The van der Waals surface area contributed by atoms with Crippen LogP contribution in [0.1, 0.15) is 19.4 Å². The van der Waals surface area contributed by atoms with Gasteiger partial charge in [-0.25, -0.2) is 14.5 Å². The van der Waals surface area contributed by atoms with E-state index in [1.807, 2.05) is 18.2 Å². The van der Waals surface area contributed by atoms with Crippen molar-refractivity contribution in [2.24, 2.45) is 0 Å². The molecule has 3 rings (SSSR count). The number of fused-ring (bicyclic) bond motifs is 1. The Morgan fingerprint density at radius 3 is 2.68 bits per heavy atom. The number of pyridine rings is 1. The molecule has 2 amide bonds. The Bertz CT molecular complexity index is 1000. The molecule has 1 aromatic carbocycles. The maximum absolute atomic E-state index is 12.7. The van der Waals surface area contributed by atoms with Crippen LogP contribution in [0.15, 0.2) is 41.3 Å². The van der Waals surface area contributed by atoms with Gasteiger partial charge in [0.15, 0.2) is 0 Å². The van der Waals surface area contributed by atoms with Crippen molar-refractivity contribution in [3.05, 3.63) is 52.4 Å². The smallest absolute Gasteiger partial charge is 0.320 e. The molecule has 0 radical (unpaired) electrons. The summed E-state index contributed by atoms with van der Waals surface area (Å²) in [5.74, 6) is 0.229. The zero-order valence-corrected chi connectivity index (χ0v) is 13.9. The van der Waals surface area contributed by atoms with Crippen LogP contribution in [0.25, 0.3) is 16.6 Å². The fourth-order valence-corrected chi connectivity index (χ4v) is 2.60. The third-order valence-electron chi connectivity index (χ3n) is 3.69. The third-order valence-corrected chi connectivity index (χ3v) is 3.69. The normalized spacial score (nSPS) is 10.6. The van der Waals surface area contributed by atoms with Crippen LogP contribution in [-0.2, 0) is 0 Å². The number of urea groups is 1. The van der Waals surface area contributed by atoms with Gasteiger partial charge in [-0.1, -0.05) is 18.2 Å². The number of rotatable bonds is 4. The van der Waals surface area contributed by atoms with E-state index in [1.165, 1.54) is 10.9 Å². The van der Waals surface area contributed by atoms with Gasteiger partial charge in [-0.2, -0.15) is 0 Å². The zero-order valence-electron chi connectivity index (χ0n) is 13.9. The molecule has 0 atom stereocenters. The van der Waals surface area contributed by atoms with Crippen molar-refractivity contribution in [1.29, 1.82) is 5.41 Å². The molecular weight excluding hydrogens is 320 g/mol. The summed E-state index contributed by atoms with van der Waals surface area (Å²) in [5, 5.41) is 16.7. The first-order valence-electron chi connectivity index (χ1n) is 7.82. The number of nitrogens with zero attached hydrogens (tertiary/aromatic N) is 2. The summed E-state index contributed by atoms with van der Waals surface area (Å²) in [6.45, 7) is 3.85. The average Bonchev–Trinajstić information content (AvgIpc) is 2.92. The minimum Gasteiger partial charge on any atom is -0.338 e. The van der Waals surface area contributed by atoms with Crippen molar-refractivity contribution in [1.82, 2.24) is 20.1 Å². The number of carbonyl (C=O) groups is 1. The number of carbonyl (C=O) groups excluding carboxylic acids is 1. The van der Waals surface area contributed by atoms with Gasteiger partial charge >= 0.3 is 6.03 Å². The van der Waals surface area contributed by atoms with Crippen LogP contribution >= 0.6 is 0 Å². The van der Waals surface area contributed by atoms with Gasteiger partial charge < -0.3 is 10.7 Å². The summed E-state index contributed by atoms with van der Waals surface area (Å²) in [6, 6.07) is 8.71. The van der Waals surface area contributed by atoms with Gasteiger partial charge in [0.05, 0.1) is 22.2 Å². The monoisotopic (exact) mass is 338 g/mol. The molecule has 0 saturated carbocycles. The number of para-hydroxylation sites is 1. The highest BCUT2D eigenvalue weighted by atomic mass is 16.2. The molecule has 8 nitrogen and oxygen atoms in total. The summed E-state index contributed by atoms with van der Waals surface area (Å²) < 4.78 is 1.40. The summed E-state index contributed by atoms with van der Waals surface area (Å²) in [6.07, 6.45) is 1.40. The molecule has 3 aromatic rings. The molecule has 0 spiro atoms. The van der Waals surface area contributed by atoms with Crippen LogP contribution in [0, 0.1) is 5.41 Å². The maximum Gasteiger partial charge on any atom is 0.320 e. The number of H-pyrrole nitrogens is 1. The molecule has 4 N–H and O–H groups in total. The Morgan fingerprint density at radius 1 is 1.32 bits per heavy atom. The van der Waals surface area contributed by atoms with Gasteiger partial charge in [0.1, 0.15) is 5.82 Å². The van der Waals surface area contributed by atoms with Gasteiger partial charge in [0, 0.05) is 18.5 Å². The highest BCUT2D eigenvalue weighted by Gasteiger charge is 2.18. The third kappa shape index (κ3) is 3.01. The number of amides is 2. The van der Waals surface area contributed by atoms with Crippen molar-refractivity contribution >= 4 is 28.5 Å². The lowest BCUT2D eigenvalue weighted by molar-refractivity contribution is 0.252. The van der Waals surface area contributed by atoms with Crippen molar-refractivity contribution in [2.45, 2.75) is 13.8 Å². The highest BCUT2D eigenvalue weighted by molar-refractivity contribution is 6.12. The lowest BCUT2D eigenvalue weighted by Gasteiger charge is -2.10. The molecule has 0 fully saturated rings. The Kier molecular flexibility index (Phi) is 4.34. The Morgan fingerprint density at radius 2 is 2.04 bits per heavy atom. The Labute approximate surface area is 143 Å². The maximum atomic E-state index is 12.7. The molecule has 0 saturated heterocycles. The van der Waals surface area contributed by atoms with E-state index in [9.17, 15) is 9.59 Å². The molecule has 0 aliphatic carbocycles. The van der Waals surface area contributed by atoms with Gasteiger partial charge in [0.25, 0.3) is 5.56 Å². The molecule has 0 aliphatic rings. The largest absolute Gasteiger partial charge is 0.338 e. The number of aromatic amines is 1. The minimum absolute atomic E-state index is 0.186. The summed E-state index contributed by atoms with van der Waals surface area (Å²) in [7, 11) is 0. The molecular formula is C17H18N6O2. The number of hydrogen-bond acceptors (Lipinski definition) is 4. The molecule has 8 heteroatoms. The SMILES string of the molecule is CCNC(=O)Nc1ncc2c(=O)n(-c3ccccc3)[nH]c2c1C(C)=N. The first-order chi connectivity index (χ1) is 12.0. The first kappa shape index (κ1) is 16.4. The van der Waals surface area contributed by atoms with Crippen LogP contribution in [0.4, 0.5) is 10.6 Å². The van der Waals surface area contributed by atoms with Crippen LogP contribution in [-0.4, -0.2) is 33.1 Å². The summed E-state index contributed by atoms with van der Waals surface area (Å²) >= 11 is 0. The van der Waals surface area contributed by atoms with Crippen LogP contribution < -0.4 is 16.2 Å². The van der Waals surface area contributed by atoms with Crippen LogP contribution in [0.2, 0.25) is 0 Å². The van der Waals surface area contributed by atoms with E-state index in [0.717, 1.165) is 0 Å². The molecule has 0 aliphatic heterocycles. The second-order valence-corrected chi connectivity index (χ2v) is 5.47. The predicted octanol–water partition coefficient (Wildman–Crippen LogP) is 2.24. The van der Waals surface area contributed by atoms with Gasteiger partial charge in [-0.3, -0.25) is 15.2 Å². The number of anilines is 1. The van der Waals surface area contributed by atoms with E-state index in [4.69, 9.17) is 5.41 Å². The van der Waals surface area contributed by atoms with E-state index in [0.29, 0.717) is 28.7 Å². The Balaban J connectivity index is 2.20. The molecule has 0 unspecified atom stereocenters. The van der Waals surface area contributed by atoms with E-state index in [2.05, 4.69) is 20.7 Å². The fourth-order valence-electron chi connectivity index (χ4n) is 2.60. The molecule has 0 bridgehead atoms. The molecule has 25 heavy (non-hydrogen) atoms. The van der Waals surface area contributed by atoms with E-state index in [1.54, 1.807) is 26.0 Å². The number of aromatic nitrogens is 3.